The largest absolute Gasteiger partial charge is 0.381 e. The lowest BCUT2D eigenvalue weighted by Gasteiger charge is -2.35. The second-order valence-corrected chi connectivity index (χ2v) is 6.43. The molecule has 2 aliphatic rings. The van der Waals surface area contributed by atoms with Gasteiger partial charge in [-0.05, 0) is 43.4 Å². The van der Waals surface area contributed by atoms with Crippen molar-refractivity contribution in [2.75, 3.05) is 19.8 Å². The number of nitrogens with one attached hydrogen (secondary N) is 1. The van der Waals surface area contributed by atoms with Gasteiger partial charge in [-0.2, -0.15) is 0 Å². The highest BCUT2D eigenvalue weighted by atomic mass is 16.5. The highest BCUT2D eigenvalue weighted by Crippen LogP contribution is 2.31. The summed E-state index contributed by atoms with van der Waals surface area (Å²) in [7, 11) is 0. The van der Waals surface area contributed by atoms with Crippen molar-refractivity contribution in [3.63, 3.8) is 0 Å². The summed E-state index contributed by atoms with van der Waals surface area (Å²) >= 11 is 0. The van der Waals surface area contributed by atoms with E-state index in [1.807, 2.05) is 0 Å². The van der Waals surface area contributed by atoms with Gasteiger partial charge in [-0.1, -0.05) is 20.3 Å². The zero-order valence-corrected chi connectivity index (χ0v) is 10.9. The zero-order chi connectivity index (χ0) is 11.4. The highest BCUT2D eigenvalue weighted by molar-refractivity contribution is 4.82. The minimum absolute atomic E-state index is 0.456. The van der Waals surface area contributed by atoms with Gasteiger partial charge in [0, 0.05) is 25.8 Å². The lowest BCUT2D eigenvalue weighted by molar-refractivity contribution is 0.0504. The van der Waals surface area contributed by atoms with E-state index in [4.69, 9.17) is 4.74 Å². The van der Waals surface area contributed by atoms with Crippen LogP contribution < -0.4 is 5.32 Å². The van der Waals surface area contributed by atoms with Crippen molar-refractivity contribution >= 4 is 0 Å². The van der Waals surface area contributed by atoms with Crippen LogP contribution in [0.15, 0.2) is 0 Å². The van der Waals surface area contributed by atoms with Gasteiger partial charge in [-0.3, -0.25) is 0 Å². The van der Waals surface area contributed by atoms with Crippen LogP contribution >= 0.6 is 0 Å². The van der Waals surface area contributed by atoms with E-state index in [1.165, 1.54) is 45.1 Å². The lowest BCUT2D eigenvalue weighted by Crippen LogP contribution is -2.41. The number of hydrogen-bond acceptors (Lipinski definition) is 2. The maximum atomic E-state index is 5.42. The monoisotopic (exact) mass is 225 g/mol. The first-order valence-corrected chi connectivity index (χ1v) is 6.97. The van der Waals surface area contributed by atoms with Crippen molar-refractivity contribution in [2.24, 2.45) is 11.3 Å². The lowest BCUT2D eigenvalue weighted by atomic mass is 9.79. The van der Waals surface area contributed by atoms with Crippen molar-refractivity contribution in [2.45, 2.75) is 58.4 Å². The first-order chi connectivity index (χ1) is 7.66. The molecule has 1 aliphatic heterocycles. The molecule has 0 radical (unpaired) electrons. The van der Waals surface area contributed by atoms with Gasteiger partial charge in [-0.25, -0.2) is 0 Å². The summed E-state index contributed by atoms with van der Waals surface area (Å²) in [5.41, 5.74) is 0.456. The van der Waals surface area contributed by atoms with Crippen LogP contribution in [0.5, 0.6) is 0 Å². The van der Waals surface area contributed by atoms with Crippen molar-refractivity contribution in [1.82, 2.24) is 5.32 Å². The van der Waals surface area contributed by atoms with Gasteiger partial charge in [0.2, 0.25) is 0 Å². The zero-order valence-electron chi connectivity index (χ0n) is 10.9. The summed E-state index contributed by atoms with van der Waals surface area (Å²) < 4.78 is 5.42. The molecule has 2 heteroatoms. The van der Waals surface area contributed by atoms with Gasteiger partial charge < -0.3 is 10.1 Å². The van der Waals surface area contributed by atoms with Crippen LogP contribution in [-0.4, -0.2) is 25.8 Å². The molecule has 2 nitrogen and oxygen atoms in total. The van der Waals surface area contributed by atoms with E-state index in [0.717, 1.165) is 25.2 Å². The second-order valence-electron chi connectivity index (χ2n) is 6.43. The van der Waals surface area contributed by atoms with E-state index >= 15 is 0 Å². The predicted octanol–water partition coefficient (Wildman–Crippen LogP) is 2.97. The molecule has 1 saturated heterocycles. The third-order valence-corrected chi connectivity index (χ3v) is 4.16. The smallest absolute Gasteiger partial charge is 0.0468 e. The molecule has 2 fully saturated rings. The molecule has 94 valence electrons. The van der Waals surface area contributed by atoms with Gasteiger partial charge >= 0.3 is 0 Å². The Kier molecular flexibility index (Phi) is 4.26. The number of ether oxygens (including phenoxy) is 1. The van der Waals surface area contributed by atoms with E-state index < -0.39 is 0 Å². The third-order valence-electron chi connectivity index (χ3n) is 4.16. The quantitative estimate of drug-likeness (QED) is 0.776. The van der Waals surface area contributed by atoms with E-state index in [-0.39, 0.29) is 0 Å². The molecule has 1 aliphatic carbocycles. The Morgan fingerprint density at radius 3 is 2.38 bits per heavy atom. The topological polar surface area (TPSA) is 21.3 Å². The highest BCUT2D eigenvalue weighted by Gasteiger charge is 2.26. The van der Waals surface area contributed by atoms with Gasteiger partial charge in [0.05, 0.1) is 0 Å². The Labute approximate surface area is 100 Å². The van der Waals surface area contributed by atoms with E-state index in [9.17, 15) is 0 Å². The van der Waals surface area contributed by atoms with Crippen LogP contribution in [0.4, 0.5) is 0 Å². The van der Waals surface area contributed by atoms with E-state index in [1.54, 1.807) is 0 Å². The molecule has 1 N–H and O–H groups in total. The standard InChI is InChI=1S/C14H27NO/c1-14(2,11-15-13-4-3-5-13)10-12-6-8-16-9-7-12/h12-13,15H,3-11H2,1-2H3. The molecule has 2 rings (SSSR count). The summed E-state index contributed by atoms with van der Waals surface area (Å²) in [6, 6.07) is 0.828. The molecular weight excluding hydrogens is 198 g/mol. The van der Waals surface area contributed by atoms with Gasteiger partial charge in [-0.15, -0.1) is 0 Å². The van der Waals surface area contributed by atoms with Crippen LogP contribution in [0.2, 0.25) is 0 Å². The molecular formula is C14H27NO. The molecule has 16 heavy (non-hydrogen) atoms. The molecule has 0 atom stereocenters. The number of rotatable bonds is 5. The van der Waals surface area contributed by atoms with E-state index in [0.29, 0.717) is 5.41 Å². The van der Waals surface area contributed by atoms with Crippen LogP contribution in [-0.2, 0) is 4.74 Å². The molecule has 0 aromatic rings. The van der Waals surface area contributed by atoms with Crippen molar-refractivity contribution in [1.29, 1.82) is 0 Å². The molecule has 0 amide bonds. The summed E-state index contributed by atoms with van der Waals surface area (Å²) in [6.07, 6.45) is 8.12. The third kappa shape index (κ3) is 3.74. The van der Waals surface area contributed by atoms with Crippen LogP contribution in [0.3, 0.4) is 0 Å². The Morgan fingerprint density at radius 1 is 1.12 bits per heavy atom. The van der Waals surface area contributed by atoms with Gasteiger partial charge in [0.25, 0.3) is 0 Å². The van der Waals surface area contributed by atoms with Crippen LogP contribution in [0, 0.1) is 11.3 Å². The Balaban J connectivity index is 1.67. The second kappa shape index (κ2) is 5.50. The molecule has 0 bridgehead atoms. The minimum Gasteiger partial charge on any atom is -0.381 e. The normalized spacial score (nSPS) is 24.4. The van der Waals surface area contributed by atoms with Crippen molar-refractivity contribution < 1.29 is 4.74 Å². The molecule has 0 unspecified atom stereocenters. The fourth-order valence-corrected chi connectivity index (χ4v) is 2.84. The average Bonchev–Trinajstić information content (AvgIpc) is 2.15. The summed E-state index contributed by atoms with van der Waals surface area (Å²) in [4.78, 5) is 0. The van der Waals surface area contributed by atoms with Crippen LogP contribution in [0.1, 0.15) is 52.4 Å². The number of hydrogen-bond donors (Lipinski definition) is 1. The van der Waals surface area contributed by atoms with Crippen molar-refractivity contribution in [3.8, 4) is 0 Å². The van der Waals surface area contributed by atoms with Crippen LogP contribution in [0.25, 0.3) is 0 Å². The Bertz CT molecular complexity index is 205. The van der Waals surface area contributed by atoms with Crippen molar-refractivity contribution in [3.05, 3.63) is 0 Å². The summed E-state index contributed by atoms with van der Waals surface area (Å²) in [6.45, 7) is 7.98. The minimum atomic E-state index is 0.456. The molecule has 0 aromatic heterocycles. The molecule has 1 saturated carbocycles. The SMILES string of the molecule is CC(C)(CNC1CCC1)CC1CCOCC1. The molecule has 1 heterocycles. The fourth-order valence-electron chi connectivity index (χ4n) is 2.84. The Morgan fingerprint density at radius 2 is 1.81 bits per heavy atom. The fraction of sp³-hybridized carbons (Fsp3) is 1.00. The molecule has 0 spiro atoms. The maximum absolute atomic E-state index is 5.42. The first kappa shape index (κ1) is 12.4. The summed E-state index contributed by atoms with van der Waals surface area (Å²) in [5, 5.41) is 3.72. The molecule has 0 aromatic carbocycles. The Hall–Kier alpha value is -0.0800. The van der Waals surface area contributed by atoms with E-state index in [2.05, 4.69) is 19.2 Å². The average molecular weight is 225 g/mol. The maximum Gasteiger partial charge on any atom is 0.0468 e. The van der Waals surface area contributed by atoms with Gasteiger partial charge in [0.1, 0.15) is 0 Å². The summed E-state index contributed by atoms with van der Waals surface area (Å²) in [5.74, 6) is 0.895. The first-order valence-electron chi connectivity index (χ1n) is 6.97. The predicted molar refractivity (Wildman–Crippen MR) is 67.6 cm³/mol. The van der Waals surface area contributed by atoms with Gasteiger partial charge in [0.15, 0.2) is 0 Å².